The monoisotopic (exact) mass is 434 g/mol. The average molecular weight is 435 g/mol. The Balaban J connectivity index is 1.47. The van der Waals surface area contributed by atoms with Crippen molar-refractivity contribution >= 4 is 5.91 Å². The van der Waals surface area contributed by atoms with Crippen molar-refractivity contribution in [3.05, 3.63) is 77.9 Å². The molecule has 4 rings (SSSR count). The van der Waals surface area contributed by atoms with Crippen LogP contribution < -0.4 is 5.32 Å². The summed E-state index contributed by atoms with van der Waals surface area (Å²) in [7, 11) is 1.93. The van der Waals surface area contributed by atoms with Crippen LogP contribution in [-0.4, -0.2) is 40.2 Å². The minimum absolute atomic E-state index is 0.138. The summed E-state index contributed by atoms with van der Waals surface area (Å²) in [6, 6.07) is 14.8. The second-order valence-corrected chi connectivity index (χ2v) is 8.79. The van der Waals surface area contributed by atoms with E-state index in [1.54, 1.807) is 12.1 Å². The summed E-state index contributed by atoms with van der Waals surface area (Å²) in [5, 5.41) is 7.32. The third kappa shape index (κ3) is 4.91. The molecule has 0 unspecified atom stereocenters. The number of likely N-dealkylation sites (tertiary alicyclic amines) is 1. The maximum Gasteiger partial charge on any atom is 0.226 e. The molecular formula is C26H31FN4O. The molecule has 2 heterocycles. The molecule has 1 saturated heterocycles. The van der Waals surface area contributed by atoms with Crippen molar-refractivity contribution in [2.24, 2.45) is 12.5 Å². The predicted molar refractivity (Wildman–Crippen MR) is 124 cm³/mol. The lowest BCUT2D eigenvalue weighted by Gasteiger charge is -2.40. The maximum absolute atomic E-state index is 14.1. The van der Waals surface area contributed by atoms with Crippen LogP contribution in [0.2, 0.25) is 0 Å². The van der Waals surface area contributed by atoms with Gasteiger partial charge in [0, 0.05) is 37.5 Å². The van der Waals surface area contributed by atoms with Gasteiger partial charge in [0.05, 0.1) is 11.6 Å². The van der Waals surface area contributed by atoms with E-state index >= 15 is 0 Å². The summed E-state index contributed by atoms with van der Waals surface area (Å²) < 4.78 is 16.0. The average Bonchev–Trinajstić information content (AvgIpc) is 3.21. The zero-order chi connectivity index (χ0) is 22.6. The molecule has 0 atom stereocenters. The number of carbonyl (C=O) groups excluding carboxylic acids is 1. The second kappa shape index (κ2) is 9.65. The smallest absolute Gasteiger partial charge is 0.226 e. The SMILES string of the molecule is CCNC(=O)C1(Cc2ccc(-c3ccccc3F)cc2)CCN(Cc2cnn(C)c2)CC1. The van der Waals surface area contributed by atoms with Gasteiger partial charge in [-0.15, -0.1) is 0 Å². The van der Waals surface area contributed by atoms with Crippen molar-refractivity contribution in [3.63, 3.8) is 0 Å². The zero-order valence-corrected chi connectivity index (χ0v) is 18.9. The number of rotatable bonds is 7. The first-order chi connectivity index (χ1) is 15.5. The molecule has 2 aromatic carbocycles. The van der Waals surface area contributed by atoms with Crippen molar-refractivity contribution in [2.75, 3.05) is 19.6 Å². The highest BCUT2D eigenvalue weighted by Crippen LogP contribution is 2.36. The van der Waals surface area contributed by atoms with E-state index < -0.39 is 5.41 Å². The van der Waals surface area contributed by atoms with Gasteiger partial charge >= 0.3 is 0 Å². The van der Waals surface area contributed by atoms with E-state index in [0.29, 0.717) is 18.5 Å². The fourth-order valence-corrected chi connectivity index (χ4v) is 4.67. The number of nitrogens with one attached hydrogen (secondary N) is 1. The number of halogens is 1. The summed E-state index contributed by atoms with van der Waals surface area (Å²) in [6.07, 6.45) is 6.27. The molecule has 1 amide bonds. The molecule has 0 saturated carbocycles. The Hall–Kier alpha value is -2.99. The van der Waals surface area contributed by atoms with Gasteiger partial charge in [-0.3, -0.25) is 14.4 Å². The van der Waals surface area contributed by atoms with Crippen molar-refractivity contribution < 1.29 is 9.18 Å². The largest absolute Gasteiger partial charge is 0.356 e. The molecule has 0 aliphatic carbocycles. The summed E-state index contributed by atoms with van der Waals surface area (Å²) >= 11 is 0. The topological polar surface area (TPSA) is 50.2 Å². The molecule has 1 aliphatic rings. The van der Waals surface area contributed by atoms with Crippen LogP contribution in [0.1, 0.15) is 30.9 Å². The summed E-state index contributed by atoms with van der Waals surface area (Å²) in [5.41, 5.74) is 3.34. The Labute approximate surface area is 189 Å². The number of amides is 1. The van der Waals surface area contributed by atoms with Crippen molar-refractivity contribution in [2.45, 2.75) is 32.7 Å². The minimum Gasteiger partial charge on any atom is -0.356 e. The number of nitrogens with zero attached hydrogens (tertiary/aromatic N) is 3. The van der Waals surface area contributed by atoms with E-state index in [1.807, 2.05) is 61.4 Å². The van der Waals surface area contributed by atoms with E-state index in [9.17, 15) is 9.18 Å². The highest BCUT2D eigenvalue weighted by molar-refractivity contribution is 5.83. The Bertz CT molecular complexity index is 1050. The number of piperidine rings is 1. The summed E-state index contributed by atoms with van der Waals surface area (Å²) in [4.78, 5) is 15.5. The predicted octanol–water partition coefficient (Wildman–Crippen LogP) is 4.19. The van der Waals surface area contributed by atoms with Gasteiger partial charge in [-0.25, -0.2) is 4.39 Å². The quantitative estimate of drug-likeness (QED) is 0.607. The maximum atomic E-state index is 14.1. The van der Waals surface area contributed by atoms with Crippen LogP contribution in [-0.2, 0) is 24.8 Å². The third-order valence-electron chi connectivity index (χ3n) is 6.48. The van der Waals surface area contributed by atoms with Crippen LogP contribution >= 0.6 is 0 Å². The molecule has 1 aromatic heterocycles. The number of benzene rings is 2. The Morgan fingerprint density at radius 2 is 1.81 bits per heavy atom. The molecule has 0 radical (unpaired) electrons. The van der Waals surface area contributed by atoms with Crippen LogP contribution in [0.25, 0.3) is 11.1 Å². The van der Waals surface area contributed by atoms with Crippen molar-refractivity contribution in [1.29, 1.82) is 0 Å². The first-order valence-electron chi connectivity index (χ1n) is 11.3. The van der Waals surface area contributed by atoms with Crippen LogP contribution in [0.4, 0.5) is 4.39 Å². The van der Waals surface area contributed by atoms with Gasteiger partial charge in [0.2, 0.25) is 5.91 Å². The summed E-state index contributed by atoms with van der Waals surface area (Å²) in [6.45, 7) is 5.20. The number of aromatic nitrogens is 2. The standard InChI is InChI=1S/C26H31FN4O/c1-3-28-25(32)26(12-14-31(15-13-26)19-21-17-29-30(2)18-21)16-20-8-10-22(11-9-20)23-6-4-5-7-24(23)27/h4-11,17-18H,3,12-16,19H2,1-2H3,(H,28,32). The summed E-state index contributed by atoms with van der Waals surface area (Å²) in [5.74, 6) is -0.0840. The van der Waals surface area contributed by atoms with Gasteiger partial charge in [-0.2, -0.15) is 5.10 Å². The normalized spacial score (nSPS) is 16.1. The molecule has 1 N–H and O–H groups in total. The Morgan fingerprint density at radius 1 is 1.09 bits per heavy atom. The van der Waals surface area contributed by atoms with Crippen LogP contribution in [0.3, 0.4) is 0 Å². The fourth-order valence-electron chi connectivity index (χ4n) is 4.67. The van der Waals surface area contributed by atoms with Gasteiger partial charge in [0.25, 0.3) is 0 Å². The molecule has 6 heteroatoms. The Morgan fingerprint density at radius 3 is 2.44 bits per heavy atom. The van der Waals surface area contributed by atoms with Crippen LogP contribution in [0.15, 0.2) is 60.9 Å². The molecule has 5 nitrogen and oxygen atoms in total. The van der Waals surface area contributed by atoms with Crippen molar-refractivity contribution in [1.82, 2.24) is 20.0 Å². The van der Waals surface area contributed by atoms with Crippen LogP contribution in [0, 0.1) is 11.2 Å². The van der Waals surface area contributed by atoms with Gasteiger partial charge in [-0.1, -0.05) is 42.5 Å². The molecular weight excluding hydrogens is 403 g/mol. The first kappa shape index (κ1) is 22.2. The first-order valence-corrected chi connectivity index (χ1v) is 11.3. The van der Waals surface area contributed by atoms with E-state index in [2.05, 4.69) is 15.3 Å². The Kier molecular flexibility index (Phi) is 6.70. The molecule has 1 aliphatic heterocycles. The number of hydrogen-bond donors (Lipinski definition) is 1. The van der Waals surface area contributed by atoms with Crippen molar-refractivity contribution in [3.8, 4) is 11.1 Å². The molecule has 3 aromatic rings. The van der Waals surface area contributed by atoms with Gasteiger partial charge < -0.3 is 5.32 Å². The van der Waals surface area contributed by atoms with E-state index in [-0.39, 0.29) is 11.7 Å². The molecule has 32 heavy (non-hydrogen) atoms. The number of carbonyl (C=O) groups is 1. The second-order valence-electron chi connectivity index (χ2n) is 8.79. The van der Waals surface area contributed by atoms with E-state index in [1.165, 1.54) is 11.6 Å². The number of aryl methyl sites for hydroxylation is 1. The third-order valence-corrected chi connectivity index (χ3v) is 6.48. The lowest BCUT2D eigenvalue weighted by Crippen LogP contribution is -2.49. The van der Waals surface area contributed by atoms with Gasteiger partial charge in [0.15, 0.2) is 0 Å². The molecule has 168 valence electrons. The molecule has 0 spiro atoms. The van der Waals surface area contributed by atoms with Gasteiger partial charge in [-0.05, 0) is 56.5 Å². The fraction of sp³-hybridized carbons (Fsp3) is 0.385. The highest BCUT2D eigenvalue weighted by Gasteiger charge is 2.41. The number of hydrogen-bond acceptors (Lipinski definition) is 3. The van der Waals surface area contributed by atoms with Crippen LogP contribution in [0.5, 0.6) is 0 Å². The minimum atomic E-state index is -0.416. The highest BCUT2D eigenvalue weighted by atomic mass is 19.1. The zero-order valence-electron chi connectivity index (χ0n) is 18.9. The van der Waals surface area contributed by atoms with Gasteiger partial charge in [0.1, 0.15) is 5.82 Å². The lowest BCUT2D eigenvalue weighted by atomic mass is 9.72. The van der Waals surface area contributed by atoms with E-state index in [4.69, 9.17) is 0 Å². The van der Waals surface area contributed by atoms with E-state index in [0.717, 1.165) is 43.6 Å². The lowest BCUT2D eigenvalue weighted by molar-refractivity contribution is -0.134. The molecule has 0 bridgehead atoms. The molecule has 1 fully saturated rings.